The standard InChI is InChI=1S/C21H21BrN2O3S/c1-2-27-17-10-9-13(22)12-14(17)19(24-11-5-7-16(24)21(25)26)20-23-15-6-3-4-8-18(15)28-20/h3-4,6,8-10,12,16,19H,2,5,7,11H2,1H3,(H,25,26). The summed E-state index contributed by atoms with van der Waals surface area (Å²) in [5.41, 5.74) is 1.88. The summed E-state index contributed by atoms with van der Waals surface area (Å²) in [6.07, 6.45) is 1.50. The molecule has 5 nitrogen and oxygen atoms in total. The Morgan fingerprint density at radius 2 is 2.21 bits per heavy atom. The number of benzene rings is 2. The predicted octanol–water partition coefficient (Wildman–Crippen LogP) is 5.10. The molecular formula is C21H21BrN2O3S. The average molecular weight is 461 g/mol. The van der Waals surface area contributed by atoms with Gasteiger partial charge in [-0.25, -0.2) is 4.98 Å². The number of rotatable bonds is 6. The minimum Gasteiger partial charge on any atom is -0.494 e. The molecular weight excluding hydrogens is 440 g/mol. The van der Waals surface area contributed by atoms with E-state index in [1.807, 2.05) is 43.3 Å². The third-order valence-corrected chi connectivity index (χ3v) is 6.60. The van der Waals surface area contributed by atoms with Gasteiger partial charge in [0.05, 0.1) is 22.9 Å². The quantitative estimate of drug-likeness (QED) is 0.554. The molecule has 1 aromatic heterocycles. The van der Waals surface area contributed by atoms with E-state index < -0.39 is 12.0 Å². The first kappa shape index (κ1) is 19.4. The second-order valence-corrected chi connectivity index (χ2v) is 8.75. The van der Waals surface area contributed by atoms with Crippen LogP contribution in [0.15, 0.2) is 46.9 Å². The topological polar surface area (TPSA) is 62.7 Å². The normalized spacial score (nSPS) is 18.4. The monoisotopic (exact) mass is 460 g/mol. The van der Waals surface area contributed by atoms with E-state index >= 15 is 0 Å². The maximum Gasteiger partial charge on any atom is 0.320 e. The molecule has 1 N–H and O–H groups in total. The van der Waals surface area contributed by atoms with Crippen molar-refractivity contribution in [3.05, 3.63) is 57.5 Å². The van der Waals surface area contributed by atoms with Gasteiger partial charge in [-0.3, -0.25) is 9.69 Å². The summed E-state index contributed by atoms with van der Waals surface area (Å²) in [5.74, 6) is -0.0115. The smallest absolute Gasteiger partial charge is 0.320 e. The summed E-state index contributed by atoms with van der Waals surface area (Å²) in [7, 11) is 0. The number of fused-ring (bicyclic) bond motifs is 1. The second kappa shape index (κ2) is 8.19. The molecule has 3 aromatic rings. The predicted molar refractivity (Wildman–Crippen MR) is 114 cm³/mol. The highest BCUT2D eigenvalue weighted by Gasteiger charge is 2.39. The Morgan fingerprint density at radius 1 is 1.39 bits per heavy atom. The zero-order valence-corrected chi connectivity index (χ0v) is 17.9. The van der Waals surface area contributed by atoms with Gasteiger partial charge in [0.1, 0.15) is 16.8 Å². The molecule has 2 heterocycles. The van der Waals surface area contributed by atoms with Crippen LogP contribution in [0.2, 0.25) is 0 Å². The van der Waals surface area contributed by atoms with Gasteiger partial charge in [-0.15, -0.1) is 11.3 Å². The number of para-hydroxylation sites is 1. The van der Waals surface area contributed by atoms with Crippen LogP contribution in [0.5, 0.6) is 5.75 Å². The van der Waals surface area contributed by atoms with Crippen molar-refractivity contribution in [2.75, 3.05) is 13.2 Å². The summed E-state index contributed by atoms with van der Waals surface area (Å²) < 4.78 is 7.94. The number of hydrogen-bond donors (Lipinski definition) is 1. The molecule has 146 valence electrons. The highest BCUT2D eigenvalue weighted by Crippen LogP contribution is 2.42. The molecule has 0 radical (unpaired) electrons. The van der Waals surface area contributed by atoms with Crippen molar-refractivity contribution in [1.29, 1.82) is 0 Å². The van der Waals surface area contributed by atoms with E-state index in [4.69, 9.17) is 9.72 Å². The van der Waals surface area contributed by atoms with E-state index in [9.17, 15) is 9.90 Å². The molecule has 0 bridgehead atoms. The molecule has 0 amide bonds. The van der Waals surface area contributed by atoms with Gasteiger partial charge in [-0.1, -0.05) is 28.1 Å². The molecule has 2 aromatic carbocycles. The number of halogens is 1. The van der Waals surface area contributed by atoms with E-state index in [-0.39, 0.29) is 6.04 Å². The third kappa shape index (κ3) is 3.66. The van der Waals surface area contributed by atoms with Gasteiger partial charge in [0, 0.05) is 16.6 Å². The van der Waals surface area contributed by atoms with E-state index in [0.717, 1.165) is 44.0 Å². The van der Waals surface area contributed by atoms with Gasteiger partial charge in [0.15, 0.2) is 0 Å². The van der Waals surface area contributed by atoms with Crippen LogP contribution in [-0.4, -0.2) is 40.2 Å². The SMILES string of the molecule is CCOc1ccc(Br)cc1C(c1nc2ccccc2s1)N1CCCC1C(=O)O. The number of aromatic nitrogens is 1. The first-order valence-corrected chi connectivity index (χ1v) is 11.0. The van der Waals surface area contributed by atoms with E-state index in [1.165, 1.54) is 0 Å². The van der Waals surface area contributed by atoms with E-state index in [2.05, 4.69) is 26.9 Å². The Bertz CT molecular complexity index is 973. The molecule has 1 aliphatic rings. The zero-order valence-electron chi connectivity index (χ0n) is 15.5. The number of carboxylic acid groups (broad SMARTS) is 1. The highest BCUT2D eigenvalue weighted by molar-refractivity contribution is 9.10. The van der Waals surface area contributed by atoms with Crippen LogP contribution < -0.4 is 4.74 Å². The zero-order chi connectivity index (χ0) is 19.7. The van der Waals surface area contributed by atoms with Gasteiger partial charge in [-0.2, -0.15) is 0 Å². The van der Waals surface area contributed by atoms with Crippen molar-refractivity contribution in [2.45, 2.75) is 31.8 Å². The van der Waals surface area contributed by atoms with Crippen LogP contribution in [0.3, 0.4) is 0 Å². The largest absolute Gasteiger partial charge is 0.494 e. The summed E-state index contributed by atoms with van der Waals surface area (Å²) in [6.45, 7) is 3.22. The maximum atomic E-state index is 11.9. The molecule has 1 saturated heterocycles. The fourth-order valence-corrected chi connectivity index (χ4v) is 5.33. The number of carbonyl (C=O) groups is 1. The number of nitrogens with zero attached hydrogens (tertiary/aromatic N) is 2. The fourth-order valence-electron chi connectivity index (χ4n) is 3.84. The minimum atomic E-state index is -0.781. The lowest BCUT2D eigenvalue weighted by Gasteiger charge is -2.31. The molecule has 1 aliphatic heterocycles. The lowest BCUT2D eigenvalue weighted by molar-refractivity contribution is -0.142. The van der Waals surface area contributed by atoms with Crippen molar-refractivity contribution in [1.82, 2.24) is 9.88 Å². The number of carboxylic acids is 1. The number of aliphatic carboxylic acids is 1. The molecule has 2 unspecified atom stereocenters. The lowest BCUT2D eigenvalue weighted by atomic mass is 10.0. The molecule has 2 atom stereocenters. The molecule has 0 saturated carbocycles. The lowest BCUT2D eigenvalue weighted by Crippen LogP contribution is -2.39. The summed E-state index contributed by atoms with van der Waals surface area (Å²) in [4.78, 5) is 18.9. The number of ether oxygens (including phenoxy) is 1. The molecule has 0 spiro atoms. The Morgan fingerprint density at radius 3 is 2.96 bits per heavy atom. The van der Waals surface area contributed by atoms with Crippen molar-refractivity contribution >= 4 is 43.5 Å². The Balaban J connectivity index is 1.89. The third-order valence-electron chi connectivity index (χ3n) is 5.02. The molecule has 0 aliphatic carbocycles. The van der Waals surface area contributed by atoms with Crippen molar-refractivity contribution in [2.24, 2.45) is 0 Å². The Labute approximate surface area is 176 Å². The van der Waals surface area contributed by atoms with E-state index in [0.29, 0.717) is 13.0 Å². The first-order valence-electron chi connectivity index (χ1n) is 9.34. The Hall–Kier alpha value is -1.96. The first-order chi connectivity index (χ1) is 13.6. The van der Waals surface area contributed by atoms with Crippen molar-refractivity contribution < 1.29 is 14.6 Å². The summed E-state index contributed by atoms with van der Waals surface area (Å²) in [5, 5.41) is 10.7. The number of likely N-dealkylation sites (tertiary alicyclic amines) is 1. The highest BCUT2D eigenvalue weighted by atomic mass is 79.9. The molecule has 4 rings (SSSR count). The fraction of sp³-hybridized carbons (Fsp3) is 0.333. The van der Waals surface area contributed by atoms with Crippen LogP contribution in [-0.2, 0) is 4.79 Å². The van der Waals surface area contributed by atoms with Crippen LogP contribution >= 0.6 is 27.3 Å². The number of hydrogen-bond acceptors (Lipinski definition) is 5. The number of thiazole rings is 1. The van der Waals surface area contributed by atoms with Crippen LogP contribution in [0, 0.1) is 0 Å². The minimum absolute atomic E-state index is 0.264. The summed E-state index contributed by atoms with van der Waals surface area (Å²) in [6, 6.07) is 13.1. The van der Waals surface area contributed by atoms with Gasteiger partial charge in [0.25, 0.3) is 0 Å². The van der Waals surface area contributed by atoms with Crippen LogP contribution in [0.4, 0.5) is 0 Å². The summed E-state index contributed by atoms with van der Waals surface area (Å²) >= 11 is 5.19. The van der Waals surface area contributed by atoms with Crippen LogP contribution in [0.1, 0.15) is 36.4 Å². The van der Waals surface area contributed by atoms with Gasteiger partial charge in [0.2, 0.25) is 0 Å². The van der Waals surface area contributed by atoms with Gasteiger partial charge in [-0.05, 0) is 50.1 Å². The molecule has 7 heteroatoms. The van der Waals surface area contributed by atoms with Crippen molar-refractivity contribution in [3.63, 3.8) is 0 Å². The van der Waals surface area contributed by atoms with Gasteiger partial charge >= 0.3 is 5.97 Å². The maximum absolute atomic E-state index is 11.9. The van der Waals surface area contributed by atoms with E-state index in [1.54, 1.807) is 11.3 Å². The molecule has 28 heavy (non-hydrogen) atoms. The van der Waals surface area contributed by atoms with Crippen molar-refractivity contribution in [3.8, 4) is 5.75 Å². The molecule has 1 fully saturated rings. The second-order valence-electron chi connectivity index (χ2n) is 6.77. The van der Waals surface area contributed by atoms with Gasteiger partial charge < -0.3 is 9.84 Å². The Kier molecular flexibility index (Phi) is 5.66. The average Bonchev–Trinajstić information content (AvgIpc) is 3.31. The van der Waals surface area contributed by atoms with Crippen LogP contribution in [0.25, 0.3) is 10.2 Å².